The van der Waals surface area contributed by atoms with Crippen LogP contribution >= 0.6 is 0 Å². The maximum atomic E-state index is 11.8. The summed E-state index contributed by atoms with van der Waals surface area (Å²) in [4.78, 5) is 24.6. The molecule has 0 saturated carbocycles. The Morgan fingerprint density at radius 1 is 1.18 bits per heavy atom. The van der Waals surface area contributed by atoms with E-state index < -0.39 is 0 Å². The molecule has 0 aliphatic heterocycles. The van der Waals surface area contributed by atoms with Crippen molar-refractivity contribution in [1.82, 2.24) is 4.90 Å². The quantitative estimate of drug-likeness (QED) is 0.600. The Morgan fingerprint density at radius 3 is 2.29 bits per heavy atom. The van der Waals surface area contributed by atoms with Crippen molar-refractivity contribution in [2.24, 2.45) is 5.92 Å². The highest BCUT2D eigenvalue weighted by atomic mass is 16.5. The summed E-state index contributed by atoms with van der Waals surface area (Å²) in [5.74, 6) is -0.249. The highest BCUT2D eigenvalue weighted by Crippen LogP contribution is 2.00. The van der Waals surface area contributed by atoms with E-state index in [1.807, 2.05) is 20.8 Å². The van der Waals surface area contributed by atoms with Gasteiger partial charge in [-0.05, 0) is 19.8 Å². The number of carbonyl (C=O) groups is 2. The van der Waals surface area contributed by atoms with Crippen LogP contribution in [0.2, 0.25) is 0 Å². The smallest absolute Gasteiger partial charge is 0.325 e. The third-order valence-electron chi connectivity index (χ3n) is 1.99. The van der Waals surface area contributed by atoms with Crippen molar-refractivity contribution in [3.63, 3.8) is 0 Å². The van der Waals surface area contributed by atoms with Gasteiger partial charge in [-0.25, -0.2) is 0 Å². The molecule has 0 heterocycles. The van der Waals surface area contributed by atoms with Gasteiger partial charge < -0.3 is 14.4 Å². The van der Waals surface area contributed by atoms with Crippen molar-refractivity contribution in [2.75, 3.05) is 32.9 Å². The number of hydrogen-bond acceptors (Lipinski definition) is 4. The van der Waals surface area contributed by atoms with Crippen LogP contribution < -0.4 is 0 Å². The van der Waals surface area contributed by atoms with E-state index in [9.17, 15) is 9.59 Å². The van der Waals surface area contributed by atoms with Crippen molar-refractivity contribution in [3.05, 3.63) is 0 Å². The Bertz CT molecular complexity index is 241. The first-order valence-corrected chi connectivity index (χ1v) is 6.02. The Kier molecular flexibility index (Phi) is 8.40. The number of rotatable bonds is 8. The molecule has 0 fully saturated rings. The fourth-order valence-corrected chi connectivity index (χ4v) is 1.34. The van der Waals surface area contributed by atoms with Crippen molar-refractivity contribution >= 4 is 11.9 Å². The fourth-order valence-electron chi connectivity index (χ4n) is 1.34. The van der Waals surface area contributed by atoms with Gasteiger partial charge in [-0.1, -0.05) is 13.8 Å². The maximum absolute atomic E-state index is 11.8. The van der Waals surface area contributed by atoms with E-state index >= 15 is 0 Å². The van der Waals surface area contributed by atoms with Gasteiger partial charge in [0, 0.05) is 13.2 Å². The average molecular weight is 245 g/mol. The Labute approximate surface area is 103 Å². The van der Waals surface area contributed by atoms with Crippen LogP contribution in [-0.2, 0) is 19.1 Å². The molecule has 100 valence electrons. The van der Waals surface area contributed by atoms with Crippen LogP contribution in [0, 0.1) is 5.92 Å². The monoisotopic (exact) mass is 245 g/mol. The first-order chi connectivity index (χ1) is 8.01. The highest BCUT2D eigenvalue weighted by molar-refractivity contribution is 5.82. The number of amides is 1. The Balaban J connectivity index is 4.31. The van der Waals surface area contributed by atoms with Crippen LogP contribution in [0.3, 0.4) is 0 Å². The van der Waals surface area contributed by atoms with Crippen LogP contribution in [0.25, 0.3) is 0 Å². The molecule has 0 aromatic heterocycles. The van der Waals surface area contributed by atoms with Gasteiger partial charge in [0.25, 0.3) is 0 Å². The van der Waals surface area contributed by atoms with E-state index in [2.05, 4.69) is 0 Å². The molecule has 0 atom stereocenters. The molecule has 0 aliphatic rings. The van der Waals surface area contributed by atoms with E-state index in [0.717, 1.165) is 0 Å². The molecule has 0 bridgehead atoms. The number of esters is 1. The number of carbonyl (C=O) groups excluding carboxylic acids is 2. The zero-order valence-corrected chi connectivity index (χ0v) is 11.2. The standard InChI is InChI=1S/C12H23NO4/c1-5-16-9-11(14)13(7-10(3)4)8-12(15)17-6-2/h10H,5-9H2,1-4H3. The topological polar surface area (TPSA) is 55.8 Å². The van der Waals surface area contributed by atoms with Gasteiger partial charge in [0.15, 0.2) is 0 Å². The summed E-state index contributed by atoms with van der Waals surface area (Å²) in [5, 5.41) is 0. The predicted octanol–water partition coefficient (Wildman–Crippen LogP) is 1.07. The summed E-state index contributed by atoms with van der Waals surface area (Å²) >= 11 is 0. The lowest BCUT2D eigenvalue weighted by Crippen LogP contribution is -2.40. The van der Waals surface area contributed by atoms with Crippen molar-refractivity contribution in [3.8, 4) is 0 Å². The van der Waals surface area contributed by atoms with Gasteiger partial charge >= 0.3 is 5.97 Å². The lowest BCUT2D eigenvalue weighted by atomic mass is 10.2. The molecule has 0 rings (SSSR count). The average Bonchev–Trinajstić information content (AvgIpc) is 2.24. The van der Waals surface area contributed by atoms with Gasteiger partial charge in [0.2, 0.25) is 5.91 Å². The third-order valence-corrected chi connectivity index (χ3v) is 1.99. The predicted molar refractivity (Wildman–Crippen MR) is 64.5 cm³/mol. The Hall–Kier alpha value is -1.10. The summed E-state index contributed by atoms with van der Waals surface area (Å²) < 4.78 is 9.89. The minimum atomic E-state index is -0.377. The second-order valence-corrected chi connectivity index (χ2v) is 4.11. The SMILES string of the molecule is CCOCC(=O)N(CC(=O)OCC)CC(C)C. The lowest BCUT2D eigenvalue weighted by molar-refractivity contribution is -0.150. The van der Waals surface area contributed by atoms with Crippen LogP contribution in [0.1, 0.15) is 27.7 Å². The van der Waals surface area contributed by atoms with Crippen LogP contribution in [-0.4, -0.2) is 49.7 Å². The summed E-state index contributed by atoms with van der Waals surface area (Å²) in [5.41, 5.74) is 0. The summed E-state index contributed by atoms with van der Waals surface area (Å²) in [6.07, 6.45) is 0. The highest BCUT2D eigenvalue weighted by Gasteiger charge is 2.18. The lowest BCUT2D eigenvalue weighted by Gasteiger charge is -2.23. The fraction of sp³-hybridized carbons (Fsp3) is 0.833. The van der Waals surface area contributed by atoms with Gasteiger partial charge in [-0.3, -0.25) is 9.59 Å². The van der Waals surface area contributed by atoms with Crippen LogP contribution in [0.15, 0.2) is 0 Å². The molecule has 0 unspecified atom stereocenters. The molecule has 0 spiro atoms. The van der Waals surface area contributed by atoms with E-state index in [1.54, 1.807) is 6.92 Å². The van der Waals surface area contributed by atoms with Gasteiger partial charge in [0.05, 0.1) is 6.61 Å². The van der Waals surface area contributed by atoms with E-state index in [0.29, 0.717) is 25.7 Å². The number of nitrogens with zero attached hydrogens (tertiary/aromatic N) is 1. The summed E-state index contributed by atoms with van der Waals surface area (Å²) in [6, 6.07) is 0. The minimum Gasteiger partial charge on any atom is -0.465 e. The van der Waals surface area contributed by atoms with Crippen LogP contribution in [0.4, 0.5) is 0 Å². The molecule has 0 aromatic rings. The first-order valence-electron chi connectivity index (χ1n) is 6.02. The Morgan fingerprint density at radius 2 is 1.82 bits per heavy atom. The molecule has 0 radical (unpaired) electrons. The zero-order valence-electron chi connectivity index (χ0n) is 11.2. The largest absolute Gasteiger partial charge is 0.465 e. The molecule has 17 heavy (non-hydrogen) atoms. The maximum Gasteiger partial charge on any atom is 0.325 e. The molecule has 0 aliphatic carbocycles. The van der Waals surface area contributed by atoms with E-state index in [-0.39, 0.29) is 25.0 Å². The van der Waals surface area contributed by atoms with Gasteiger partial charge in [0.1, 0.15) is 13.2 Å². The van der Waals surface area contributed by atoms with Crippen molar-refractivity contribution in [1.29, 1.82) is 0 Å². The second kappa shape index (κ2) is 8.98. The molecule has 0 N–H and O–H groups in total. The molecule has 0 saturated heterocycles. The molecule has 1 amide bonds. The second-order valence-electron chi connectivity index (χ2n) is 4.11. The van der Waals surface area contributed by atoms with E-state index in [4.69, 9.17) is 9.47 Å². The minimum absolute atomic E-state index is 0.00206. The molecule has 5 heteroatoms. The number of ether oxygens (including phenoxy) is 2. The summed E-state index contributed by atoms with van der Waals surface area (Å²) in [7, 11) is 0. The summed E-state index contributed by atoms with van der Waals surface area (Å²) in [6.45, 7) is 8.91. The zero-order chi connectivity index (χ0) is 13.3. The van der Waals surface area contributed by atoms with Crippen molar-refractivity contribution < 1.29 is 19.1 Å². The van der Waals surface area contributed by atoms with Crippen LogP contribution in [0.5, 0.6) is 0 Å². The van der Waals surface area contributed by atoms with Gasteiger partial charge in [-0.2, -0.15) is 0 Å². The first kappa shape index (κ1) is 15.9. The third kappa shape index (κ3) is 7.74. The molecular formula is C12H23NO4. The van der Waals surface area contributed by atoms with Crippen molar-refractivity contribution in [2.45, 2.75) is 27.7 Å². The number of hydrogen-bond donors (Lipinski definition) is 0. The molecule has 5 nitrogen and oxygen atoms in total. The molecular weight excluding hydrogens is 222 g/mol. The van der Waals surface area contributed by atoms with Gasteiger partial charge in [-0.15, -0.1) is 0 Å². The van der Waals surface area contributed by atoms with E-state index in [1.165, 1.54) is 4.90 Å². The normalized spacial score (nSPS) is 10.4. The molecule has 0 aromatic carbocycles.